The number of nitrogens with zero attached hydrogens (tertiary/aromatic N) is 1. The van der Waals surface area contributed by atoms with Gasteiger partial charge in [0, 0.05) is 17.5 Å². The summed E-state index contributed by atoms with van der Waals surface area (Å²) < 4.78 is 5.82. The standard InChI is InChI=1S/C17H24N2OS/c1-5-13(3)18-10-16-14(4)19-17(21-16)11-20-15-8-6-7-12(2)9-15/h6-9,13,18H,5,10-11H2,1-4H3. The largest absolute Gasteiger partial charge is 0.486 e. The monoisotopic (exact) mass is 304 g/mol. The molecule has 0 bridgehead atoms. The predicted molar refractivity (Wildman–Crippen MR) is 89.0 cm³/mol. The van der Waals surface area contributed by atoms with Gasteiger partial charge in [0.15, 0.2) is 0 Å². The molecule has 2 aromatic rings. The topological polar surface area (TPSA) is 34.1 Å². The minimum Gasteiger partial charge on any atom is -0.486 e. The summed E-state index contributed by atoms with van der Waals surface area (Å²) in [6, 6.07) is 8.65. The minimum absolute atomic E-state index is 0.540. The van der Waals surface area contributed by atoms with Crippen LogP contribution in [0.3, 0.4) is 0 Å². The number of ether oxygens (including phenoxy) is 1. The van der Waals surface area contributed by atoms with Gasteiger partial charge in [-0.05, 0) is 44.9 Å². The zero-order chi connectivity index (χ0) is 15.2. The van der Waals surface area contributed by atoms with E-state index in [1.807, 2.05) is 18.2 Å². The fourth-order valence-electron chi connectivity index (χ4n) is 1.98. The van der Waals surface area contributed by atoms with Crippen LogP contribution in [0.1, 0.15) is 41.4 Å². The number of aryl methyl sites for hydroxylation is 2. The van der Waals surface area contributed by atoms with E-state index < -0.39 is 0 Å². The van der Waals surface area contributed by atoms with E-state index in [4.69, 9.17) is 4.74 Å². The van der Waals surface area contributed by atoms with E-state index in [0.717, 1.165) is 29.4 Å². The number of nitrogens with one attached hydrogen (secondary N) is 1. The second-order valence-corrected chi connectivity index (χ2v) is 6.58. The zero-order valence-corrected chi connectivity index (χ0v) is 14.1. The van der Waals surface area contributed by atoms with E-state index in [9.17, 15) is 0 Å². The molecule has 21 heavy (non-hydrogen) atoms. The lowest BCUT2D eigenvalue weighted by Gasteiger charge is -2.09. The fourth-order valence-corrected chi connectivity index (χ4v) is 2.91. The second-order valence-electron chi connectivity index (χ2n) is 5.41. The van der Waals surface area contributed by atoms with Gasteiger partial charge in [0.05, 0.1) is 5.69 Å². The number of thiazole rings is 1. The lowest BCUT2D eigenvalue weighted by atomic mass is 10.2. The summed E-state index contributed by atoms with van der Waals surface area (Å²) in [4.78, 5) is 5.91. The summed E-state index contributed by atoms with van der Waals surface area (Å²) in [5.41, 5.74) is 2.32. The number of hydrogen-bond donors (Lipinski definition) is 1. The minimum atomic E-state index is 0.540. The Morgan fingerprint density at radius 2 is 2.14 bits per heavy atom. The molecule has 0 amide bonds. The Balaban J connectivity index is 1.92. The smallest absolute Gasteiger partial charge is 0.140 e. The molecule has 1 aromatic heterocycles. The molecule has 1 atom stereocenters. The molecule has 1 N–H and O–H groups in total. The van der Waals surface area contributed by atoms with E-state index in [1.54, 1.807) is 11.3 Å². The first kappa shape index (κ1) is 16.0. The van der Waals surface area contributed by atoms with Gasteiger partial charge in [0.2, 0.25) is 0 Å². The molecule has 3 nitrogen and oxygen atoms in total. The Morgan fingerprint density at radius 3 is 2.86 bits per heavy atom. The van der Waals surface area contributed by atoms with E-state index >= 15 is 0 Å². The van der Waals surface area contributed by atoms with Crippen molar-refractivity contribution >= 4 is 11.3 Å². The van der Waals surface area contributed by atoms with Crippen molar-refractivity contribution in [2.24, 2.45) is 0 Å². The molecular formula is C17H24N2OS. The van der Waals surface area contributed by atoms with Crippen LogP contribution in [0.4, 0.5) is 0 Å². The van der Waals surface area contributed by atoms with Crippen LogP contribution < -0.4 is 10.1 Å². The summed E-state index contributed by atoms with van der Waals surface area (Å²) >= 11 is 1.74. The van der Waals surface area contributed by atoms with Crippen LogP contribution in [0.2, 0.25) is 0 Å². The van der Waals surface area contributed by atoms with E-state index in [2.05, 4.69) is 44.1 Å². The highest BCUT2D eigenvalue weighted by Gasteiger charge is 2.09. The summed E-state index contributed by atoms with van der Waals surface area (Å²) in [6.45, 7) is 9.97. The lowest BCUT2D eigenvalue weighted by Crippen LogP contribution is -2.24. The third kappa shape index (κ3) is 4.83. The molecule has 0 aliphatic rings. The predicted octanol–water partition coefficient (Wildman–Crippen LogP) is 4.23. The molecule has 114 valence electrons. The van der Waals surface area contributed by atoms with Crippen LogP contribution in [0.5, 0.6) is 5.75 Å². The molecule has 1 heterocycles. The molecule has 0 saturated heterocycles. The first-order valence-electron chi connectivity index (χ1n) is 7.46. The van der Waals surface area contributed by atoms with Gasteiger partial charge in [0.25, 0.3) is 0 Å². The Bertz CT molecular complexity index is 580. The Hall–Kier alpha value is -1.39. The molecule has 0 aliphatic carbocycles. The van der Waals surface area contributed by atoms with Crippen molar-refractivity contribution in [1.29, 1.82) is 0 Å². The van der Waals surface area contributed by atoms with Gasteiger partial charge in [-0.25, -0.2) is 4.98 Å². The molecule has 0 spiro atoms. The molecule has 0 saturated carbocycles. The molecular weight excluding hydrogens is 280 g/mol. The first-order chi connectivity index (χ1) is 10.1. The highest BCUT2D eigenvalue weighted by atomic mass is 32.1. The van der Waals surface area contributed by atoms with Gasteiger partial charge in [-0.1, -0.05) is 19.1 Å². The van der Waals surface area contributed by atoms with E-state index in [1.165, 1.54) is 10.4 Å². The number of rotatable bonds is 7. The Labute approximate surface area is 131 Å². The average Bonchev–Trinajstić information content (AvgIpc) is 2.83. The highest BCUT2D eigenvalue weighted by molar-refractivity contribution is 7.11. The summed E-state index contributed by atoms with van der Waals surface area (Å²) in [5, 5.41) is 4.55. The molecule has 0 radical (unpaired) electrons. The number of benzene rings is 1. The van der Waals surface area contributed by atoms with Gasteiger partial charge in [-0.3, -0.25) is 0 Å². The Morgan fingerprint density at radius 1 is 1.33 bits per heavy atom. The van der Waals surface area contributed by atoms with E-state index in [0.29, 0.717) is 12.6 Å². The highest BCUT2D eigenvalue weighted by Crippen LogP contribution is 2.21. The summed E-state index contributed by atoms with van der Waals surface area (Å²) in [7, 11) is 0. The SMILES string of the molecule is CCC(C)NCc1sc(COc2cccc(C)c2)nc1C. The molecule has 2 rings (SSSR count). The van der Waals surface area contributed by atoms with Crippen LogP contribution in [0.15, 0.2) is 24.3 Å². The maximum Gasteiger partial charge on any atom is 0.140 e. The molecule has 0 aliphatic heterocycles. The molecule has 4 heteroatoms. The lowest BCUT2D eigenvalue weighted by molar-refractivity contribution is 0.305. The maximum atomic E-state index is 5.82. The van der Waals surface area contributed by atoms with Gasteiger partial charge >= 0.3 is 0 Å². The van der Waals surface area contributed by atoms with Crippen molar-refractivity contribution in [3.8, 4) is 5.75 Å². The Kier molecular flexibility index (Phi) is 5.76. The van der Waals surface area contributed by atoms with Crippen molar-refractivity contribution in [3.05, 3.63) is 45.4 Å². The maximum absolute atomic E-state index is 5.82. The number of hydrogen-bond acceptors (Lipinski definition) is 4. The van der Waals surface area contributed by atoms with Crippen molar-refractivity contribution in [2.75, 3.05) is 0 Å². The molecule has 0 fully saturated rings. The quantitative estimate of drug-likeness (QED) is 0.831. The third-order valence-corrected chi connectivity index (χ3v) is 4.64. The van der Waals surface area contributed by atoms with Gasteiger partial charge in [-0.2, -0.15) is 0 Å². The molecule has 1 unspecified atom stereocenters. The zero-order valence-electron chi connectivity index (χ0n) is 13.3. The van der Waals surface area contributed by atoms with Gasteiger partial charge < -0.3 is 10.1 Å². The van der Waals surface area contributed by atoms with Crippen LogP contribution in [0.25, 0.3) is 0 Å². The van der Waals surface area contributed by atoms with Crippen molar-refractivity contribution in [3.63, 3.8) is 0 Å². The molecule has 1 aromatic carbocycles. The number of aromatic nitrogens is 1. The van der Waals surface area contributed by atoms with Crippen LogP contribution in [0, 0.1) is 13.8 Å². The van der Waals surface area contributed by atoms with Gasteiger partial charge in [-0.15, -0.1) is 11.3 Å². The summed E-state index contributed by atoms with van der Waals surface area (Å²) in [6.07, 6.45) is 1.14. The first-order valence-corrected chi connectivity index (χ1v) is 8.28. The van der Waals surface area contributed by atoms with E-state index in [-0.39, 0.29) is 0 Å². The third-order valence-electron chi connectivity index (χ3n) is 3.51. The van der Waals surface area contributed by atoms with Crippen molar-refractivity contribution < 1.29 is 4.74 Å². The van der Waals surface area contributed by atoms with Gasteiger partial charge in [0.1, 0.15) is 17.4 Å². The average molecular weight is 304 g/mol. The fraction of sp³-hybridized carbons (Fsp3) is 0.471. The second kappa shape index (κ2) is 7.57. The van der Waals surface area contributed by atoms with Crippen LogP contribution in [-0.4, -0.2) is 11.0 Å². The summed E-state index contributed by atoms with van der Waals surface area (Å²) in [5.74, 6) is 0.905. The van der Waals surface area contributed by atoms with Crippen molar-refractivity contribution in [1.82, 2.24) is 10.3 Å². The van der Waals surface area contributed by atoms with Crippen molar-refractivity contribution in [2.45, 2.75) is 53.3 Å². The van der Waals surface area contributed by atoms with Crippen LogP contribution >= 0.6 is 11.3 Å². The normalized spacial score (nSPS) is 12.4. The van der Waals surface area contributed by atoms with Crippen LogP contribution in [-0.2, 0) is 13.2 Å².